The van der Waals surface area contributed by atoms with Crippen molar-refractivity contribution in [2.45, 2.75) is 70.7 Å². The molecule has 1 heterocycles. The Kier molecular flexibility index (Phi) is 8.89. The Morgan fingerprint density at radius 3 is 1.97 bits per heavy atom. The van der Waals surface area contributed by atoms with E-state index in [1.807, 2.05) is 0 Å². The van der Waals surface area contributed by atoms with Gasteiger partial charge in [-0.15, -0.1) is 0 Å². The van der Waals surface area contributed by atoms with E-state index < -0.39 is 10.0 Å². The highest BCUT2D eigenvalue weighted by atomic mass is 32.2. The topological polar surface area (TPSA) is 83.6 Å². The Labute approximate surface area is 210 Å². The van der Waals surface area contributed by atoms with Gasteiger partial charge < -0.3 is 5.32 Å². The summed E-state index contributed by atoms with van der Waals surface area (Å²) in [5.74, 6) is 0.392. The molecule has 2 atom stereocenters. The third kappa shape index (κ3) is 6.39. The molecule has 0 saturated carbocycles. The summed E-state index contributed by atoms with van der Waals surface area (Å²) in [6.07, 6.45) is 2.05. The first-order valence-electron chi connectivity index (χ1n) is 12.6. The molecular weight excluding hydrogens is 460 g/mol. The average Bonchev–Trinajstić information content (AvgIpc) is 2.86. The number of Topliss-reactive ketones (excluding diaryl/α,β-unsaturated/α-hetero) is 1. The highest BCUT2D eigenvalue weighted by Crippen LogP contribution is 2.28. The Morgan fingerprint density at radius 1 is 0.943 bits per heavy atom. The highest BCUT2D eigenvalue weighted by Gasteiger charge is 2.33. The third-order valence-corrected chi connectivity index (χ3v) is 9.08. The summed E-state index contributed by atoms with van der Waals surface area (Å²) in [5.41, 5.74) is 2.87. The van der Waals surface area contributed by atoms with Crippen LogP contribution in [0.25, 0.3) is 0 Å². The molecule has 7 heteroatoms. The van der Waals surface area contributed by atoms with Crippen molar-refractivity contribution >= 4 is 21.7 Å². The van der Waals surface area contributed by atoms with E-state index in [1.54, 1.807) is 0 Å². The lowest BCUT2D eigenvalue weighted by molar-refractivity contribution is -0.127. The Balaban J connectivity index is 1.63. The maximum absolute atomic E-state index is 13.1. The van der Waals surface area contributed by atoms with E-state index in [4.69, 9.17) is 0 Å². The summed E-state index contributed by atoms with van der Waals surface area (Å²) in [6.45, 7) is 10.6. The molecule has 1 fully saturated rings. The predicted molar refractivity (Wildman–Crippen MR) is 139 cm³/mol. The first-order chi connectivity index (χ1) is 16.5. The zero-order chi connectivity index (χ0) is 25.8. The predicted octanol–water partition coefficient (Wildman–Crippen LogP) is 5.32. The lowest BCUT2D eigenvalue weighted by atomic mass is 9.91. The Bertz CT molecular complexity index is 1120. The molecule has 1 N–H and O–H groups in total. The Hall–Kier alpha value is -2.51. The first kappa shape index (κ1) is 27.1. The molecule has 0 spiro atoms. The summed E-state index contributed by atoms with van der Waals surface area (Å²) in [5, 5.41) is 3.23. The van der Waals surface area contributed by atoms with E-state index in [1.165, 1.54) is 41.1 Å². The molecule has 0 aliphatic carbocycles. The molecule has 35 heavy (non-hydrogen) atoms. The number of carbonyl (C=O) groups excluding carboxylic acids is 2. The number of benzene rings is 2. The smallest absolute Gasteiger partial charge is 0.243 e. The quantitative estimate of drug-likeness (QED) is 0.475. The lowest BCUT2D eigenvalue weighted by Crippen LogP contribution is -2.44. The van der Waals surface area contributed by atoms with Gasteiger partial charge in [0.2, 0.25) is 15.9 Å². The number of ketones is 1. The summed E-state index contributed by atoms with van der Waals surface area (Å²) < 4.78 is 27.5. The molecule has 1 saturated heterocycles. The number of nitrogens with zero attached hydrogens (tertiary/aromatic N) is 1. The van der Waals surface area contributed by atoms with Crippen LogP contribution in [0.15, 0.2) is 53.4 Å². The molecule has 0 aromatic heterocycles. The maximum Gasteiger partial charge on any atom is 0.243 e. The van der Waals surface area contributed by atoms with Crippen LogP contribution in [0.1, 0.15) is 87.3 Å². The van der Waals surface area contributed by atoms with Crippen LogP contribution in [0.2, 0.25) is 0 Å². The minimum atomic E-state index is -3.66. The van der Waals surface area contributed by atoms with E-state index in [2.05, 4.69) is 57.3 Å². The van der Waals surface area contributed by atoms with Crippen LogP contribution in [0, 0.1) is 11.8 Å². The van der Waals surface area contributed by atoms with Gasteiger partial charge in [0.1, 0.15) is 0 Å². The molecule has 2 aromatic rings. The van der Waals surface area contributed by atoms with Crippen molar-refractivity contribution < 1.29 is 18.0 Å². The summed E-state index contributed by atoms with van der Waals surface area (Å²) in [7, 11) is -3.66. The standard InChI is InChI=1S/C28H38N2O4S/c1-6-20(4)22-7-9-24(10-8-22)27(19(2)3)29-28(32)25-15-17-30(18-16-25)35(33,34)26-13-11-23(12-14-26)21(5)31/h7-14,19-20,25,27H,6,15-18H2,1-5H3,(H,29,32). The lowest BCUT2D eigenvalue weighted by Gasteiger charge is -2.32. The van der Waals surface area contributed by atoms with Crippen LogP contribution in [-0.2, 0) is 14.8 Å². The normalized spacial score (nSPS) is 17.2. The molecule has 3 rings (SSSR count). The van der Waals surface area contributed by atoms with Crippen molar-refractivity contribution in [2.75, 3.05) is 13.1 Å². The maximum atomic E-state index is 13.1. The van der Waals surface area contributed by atoms with Gasteiger partial charge in [-0.05, 0) is 61.3 Å². The van der Waals surface area contributed by atoms with Gasteiger partial charge in [-0.3, -0.25) is 9.59 Å². The van der Waals surface area contributed by atoms with Crippen LogP contribution in [0.5, 0.6) is 0 Å². The number of hydrogen-bond donors (Lipinski definition) is 1. The molecule has 1 amide bonds. The van der Waals surface area contributed by atoms with Crippen LogP contribution in [0.4, 0.5) is 0 Å². The van der Waals surface area contributed by atoms with E-state index in [0.717, 1.165) is 12.0 Å². The molecule has 1 aliphatic heterocycles. The molecule has 0 radical (unpaired) electrons. The summed E-state index contributed by atoms with van der Waals surface area (Å²) in [4.78, 5) is 24.8. The largest absolute Gasteiger partial charge is 0.349 e. The van der Waals surface area contributed by atoms with E-state index >= 15 is 0 Å². The van der Waals surface area contributed by atoms with Crippen molar-refractivity contribution in [3.05, 3.63) is 65.2 Å². The zero-order valence-electron chi connectivity index (χ0n) is 21.5. The minimum absolute atomic E-state index is 0.0161. The summed E-state index contributed by atoms with van der Waals surface area (Å²) in [6, 6.07) is 14.5. The highest BCUT2D eigenvalue weighted by molar-refractivity contribution is 7.89. The van der Waals surface area contributed by atoms with Crippen molar-refractivity contribution in [3.63, 3.8) is 0 Å². The fraction of sp³-hybridized carbons (Fsp3) is 0.500. The van der Waals surface area contributed by atoms with Crippen molar-refractivity contribution in [1.82, 2.24) is 9.62 Å². The van der Waals surface area contributed by atoms with Gasteiger partial charge in [-0.25, -0.2) is 8.42 Å². The van der Waals surface area contributed by atoms with Crippen LogP contribution in [-0.4, -0.2) is 37.5 Å². The van der Waals surface area contributed by atoms with Crippen LogP contribution < -0.4 is 5.32 Å². The van der Waals surface area contributed by atoms with Crippen molar-refractivity contribution in [1.29, 1.82) is 0 Å². The second kappa shape index (κ2) is 11.5. The molecule has 2 unspecified atom stereocenters. The molecule has 2 aromatic carbocycles. The van der Waals surface area contributed by atoms with Gasteiger partial charge in [0.15, 0.2) is 5.78 Å². The molecule has 0 bridgehead atoms. The fourth-order valence-electron chi connectivity index (χ4n) is 4.54. The average molecular weight is 499 g/mol. The molecule has 6 nitrogen and oxygen atoms in total. The van der Waals surface area contributed by atoms with Gasteiger partial charge in [0.05, 0.1) is 10.9 Å². The van der Waals surface area contributed by atoms with E-state index in [-0.39, 0.29) is 34.5 Å². The van der Waals surface area contributed by atoms with Gasteiger partial charge in [-0.2, -0.15) is 4.31 Å². The number of nitrogens with one attached hydrogen (secondary N) is 1. The first-order valence-corrected chi connectivity index (χ1v) is 14.0. The molecule has 1 aliphatic rings. The van der Waals surface area contributed by atoms with Crippen LogP contribution >= 0.6 is 0 Å². The van der Waals surface area contributed by atoms with Gasteiger partial charge in [0.25, 0.3) is 0 Å². The van der Waals surface area contributed by atoms with Crippen molar-refractivity contribution in [3.8, 4) is 0 Å². The minimum Gasteiger partial charge on any atom is -0.349 e. The van der Waals surface area contributed by atoms with E-state index in [0.29, 0.717) is 37.4 Å². The fourth-order valence-corrected chi connectivity index (χ4v) is 6.01. The second-order valence-corrected chi connectivity index (χ2v) is 11.9. The number of sulfonamides is 1. The van der Waals surface area contributed by atoms with E-state index in [9.17, 15) is 18.0 Å². The van der Waals surface area contributed by atoms with Gasteiger partial charge >= 0.3 is 0 Å². The zero-order valence-corrected chi connectivity index (χ0v) is 22.3. The third-order valence-electron chi connectivity index (χ3n) is 7.16. The number of piperidine rings is 1. The van der Waals surface area contributed by atoms with Crippen molar-refractivity contribution in [2.24, 2.45) is 11.8 Å². The summed E-state index contributed by atoms with van der Waals surface area (Å²) >= 11 is 0. The SMILES string of the molecule is CCC(C)c1ccc(C(NC(=O)C2CCN(S(=O)(=O)c3ccc(C(C)=O)cc3)CC2)C(C)C)cc1. The van der Waals surface area contributed by atoms with Crippen LogP contribution in [0.3, 0.4) is 0 Å². The number of hydrogen-bond acceptors (Lipinski definition) is 4. The Morgan fingerprint density at radius 2 is 1.49 bits per heavy atom. The monoisotopic (exact) mass is 498 g/mol. The molecular formula is C28H38N2O4S. The molecule has 190 valence electrons. The van der Waals surface area contributed by atoms with Gasteiger partial charge in [0, 0.05) is 24.6 Å². The van der Waals surface area contributed by atoms with Gasteiger partial charge in [-0.1, -0.05) is 64.1 Å². The number of rotatable bonds is 9. The number of amides is 1. The number of carbonyl (C=O) groups is 2. The second-order valence-electron chi connectivity index (χ2n) is 9.97.